The van der Waals surface area contributed by atoms with E-state index in [0.29, 0.717) is 24.6 Å². The molecule has 7 nitrogen and oxygen atoms in total. The molecule has 0 aromatic heterocycles. The van der Waals surface area contributed by atoms with Crippen molar-refractivity contribution in [3.05, 3.63) is 40.3 Å². The van der Waals surface area contributed by atoms with E-state index in [1.165, 1.54) is 18.2 Å². The molecule has 0 atom stereocenters. The number of piperidine rings is 1. The molecule has 2 saturated heterocycles. The Bertz CT molecular complexity index is 810. The molecule has 0 spiro atoms. The molecule has 3 amide bonds. The van der Waals surface area contributed by atoms with Gasteiger partial charge in [-0.15, -0.1) is 0 Å². The number of likely N-dealkylation sites (tertiary alicyclic amines) is 1. The number of carbonyl (C=O) groups is 4. The molecule has 1 N–H and O–H groups in total. The number of hydrogen-bond acceptors (Lipinski definition) is 5. The van der Waals surface area contributed by atoms with Crippen LogP contribution in [0.5, 0.6) is 0 Å². The van der Waals surface area contributed by atoms with Crippen LogP contribution in [-0.4, -0.2) is 57.6 Å². The van der Waals surface area contributed by atoms with E-state index < -0.39 is 17.1 Å². The number of nitrogens with zero attached hydrogens (tertiary/aromatic N) is 2. The van der Waals surface area contributed by atoms with Crippen molar-refractivity contribution in [2.24, 2.45) is 5.92 Å². The average Bonchev–Trinajstić information content (AvgIpc) is 2.90. The Labute approximate surface area is 161 Å². The number of hydrogen-bond donors (Lipinski definition) is 1. The molecule has 1 aromatic carbocycles. The van der Waals surface area contributed by atoms with E-state index in [2.05, 4.69) is 6.92 Å². The lowest BCUT2D eigenvalue weighted by atomic mass is 9.99. The van der Waals surface area contributed by atoms with Crippen molar-refractivity contribution >= 4 is 40.9 Å². The normalized spacial score (nSPS) is 19.8. The Morgan fingerprint density at radius 1 is 1.19 bits per heavy atom. The van der Waals surface area contributed by atoms with Crippen LogP contribution in [0.15, 0.2) is 29.2 Å². The van der Waals surface area contributed by atoms with Gasteiger partial charge in [0.05, 0.1) is 10.5 Å². The first-order valence-electron chi connectivity index (χ1n) is 8.71. The summed E-state index contributed by atoms with van der Waals surface area (Å²) in [5, 5.41) is 8.45. The van der Waals surface area contributed by atoms with Gasteiger partial charge in [-0.3, -0.25) is 19.3 Å². The third kappa shape index (κ3) is 4.39. The van der Waals surface area contributed by atoms with Crippen LogP contribution in [0.25, 0.3) is 6.08 Å². The van der Waals surface area contributed by atoms with Gasteiger partial charge in [0.1, 0.15) is 6.54 Å². The third-order valence-electron chi connectivity index (χ3n) is 4.76. The fourth-order valence-corrected chi connectivity index (χ4v) is 3.84. The number of carboxylic acid groups (broad SMARTS) is 1. The molecule has 0 bridgehead atoms. The Hall–Kier alpha value is -2.61. The zero-order valence-corrected chi connectivity index (χ0v) is 15.7. The number of aromatic carboxylic acids is 1. The van der Waals surface area contributed by atoms with Gasteiger partial charge in [-0.05, 0) is 54.3 Å². The van der Waals surface area contributed by atoms with Crippen LogP contribution < -0.4 is 0 Å². The van der Waals surface area contributed by atoms with Gasteiger partial charge in [0.25, 0.3) is 11.1 Å². The summed E-state index contributed by atoms with van der Waals surface area (Å²) in [5.41, 5.74) is 0.753. The summed E-state index contributed by atoms with van der Waals surface area (Å²) >= 11 is 0.788. The fraction of sp³-hybridized carbons (Fsp3) is 0.368. The molecule has 27 heavy (non-hydrogen) atoms. The van der Waals surface area contributed by atoms with E-state index in [9.17, 15) is 19.2 Å². The largest absolute Gasteiger partial charge is 0.478 e. The van der Waals surface area contributed by atoms with Crippen molar-refractivity contribution in [2.75, 3.05) is 19.6 Å². The van der Waals surface area contributed by atoms with Gasteiger partial charge in [-0.2, -0.15) is 0 Å². The van der Waals surface area contributed by atoms with E-state index in [1.807, 2.05) is 0 Å². The summed E-state index contributed by atoms with van der Waals surface area (Å²) in [6.07, 6.45) is 3.39. The number of carbonyl (C=O) groups excluding carboxylic acids is 3. The first-order valence-corrected chi connectivity index (χ1v) is 9.53. The van der Waals surface area contributed by atoms with Gasteiger partial charge in [0.2, 0.25) is 5.91 Å². The van der Waals surface area contributed by atoms with E-state index >= 15 is 0 Å². The van der Waals surface area contributed by atoms with Gasteiger partial charge in [-0.1, -0.05) is 19.1 Å². The molecule has 1 aromatic rings. The molecule has 2 heterocycles. The van der Waals surface area contributed by atoms with Crippen molar-refractivity contribution in [2.45, 2.75) is 19.8 Å². The Morgan fingerprint density at radius 2 is 1.81 bits per heavy atom. The van der Waals surface area contributed by atoms with Gasteiger partial charge in [0, 0.05) is 13.1 Å². The number of amides is 3. The van der Waals surface area contributed by atoms with Crippen LogP contribution in [0, 0.1) is 5.92 Å². The predicted octanol–water partition coefficient (Wildman–Crippen LogP) is 2.68. The molecular weight excluding hydrogens is 368 g/mol. The topological polar surface area (TPSA) is 95.0 Å². The van der Waals surface area contributed by atoms with Crippen LogP contribution in [0.1, 0.15) is 35.7 Å². The Morgan fingerprint density at radius 3 is 2.41 bits per heavy atom. The zero-order valence-electron chi connectivity index (χ0n) is 14.9. The van der Waals surface area contributed by atoms with Crippen LogP contribution in [0.2, 0.25) is 0 Å². The van der Waals surface area contributed by atoms with Gasteiger partial charge in [0.15, 0.2) is 0 Å². The quantitative estimate of drug-likeness (QED) is 0.797. The maximum Gasteiger partial charge on any atom is 0.335 e. The van der Waals surface area contributed by atoms with E-state index in [1.54, 1.807) is 17.0 Å². The second kappa shape index (κ2) is 7.96. The van der Waals surface area contributed by atoms with Crippen LogP contribution >= 0.6 is 11.8 Å². The number of thioether (sulfide) groups is 1. The van der Waals surface area contributed by atoms with Gasteiger partial charge >= 0.3 is 5.97 Å². The molecule has 3 rings (SSSR count). The lowest BCUT2D eigenvalue weighted by molar-refractivity contribution is -0.136. The fourth-order valence-electron chi connectivity index (χ4n) is 3.00. The van der Waals surface area contributed by atoms with Crippen molar-refractivity contribution in [3.8, 4) is 0 Å². The average molecular weight is 388 g/mol. The first kappa shape index (κ1) is 19.2. The maximum absolute atomic E-state index is 12.5. The molecule has 2 aliphatic heterocycles. The molecule has 2 aliphatic rings. The number of imide groups is 1. The monoisotopic (exact) mass is 388 g/mol. The molecule has 2 fully saturated rings. The van der Waals surface area contributed by atoms with Crippen molar-refractivity contribution in [1.82, 2.24) is 9.80 Å². The summed E-state index contributed by atoms with van der Waals surface area (Å²) in [7, 11) is 0. The standard InChI is InChI=1S/C19H20N2O5S/c1-12-6-8-20(9-7-12)16(22)11-21-17(23)15(27-19(21)26)10-13-2-4-14(5-3-13)18(24)25/h2-5,10,12H,6-9,11H2,1H3,(H,24,25)/b15-10-. The summed E-state index contributed by atoms with van der Waals surface area (Å²) in [5.74, 6) is -1.16. The lowest BCUT2D eigenvalue weighted by Crippen LogP contribution is -2.45. The molecule has 0 aliphatic carbocycles. The third-order valence-corrected chi connectivity index (χ3v) is 5.67. The van der Waals surface area contributed by atoms with Crippen LogP contribution in [0.3, 0.4) is 0 Å². The minimum Gasteiger partial charge on any atom is -0.478 e. The summed E-state index contributed by atoms with van der Waals surface area (Å²) < 4.78 is 0. The zero-order chi connectivity index (χ0) is 19.6. The number of rotatable bonds is 4. The smallest absolute Gasteiger partial charge is 0.335 e. The molecule has 0 radical (unpaired) electrons. The summed E-state index contributed by atoms with van der Waals surface area (Å²) in [4.78, 5) is 50.9. The van der Waals surface area contributed by atoms with E-state index in [-0.39, 0.29) is 22.9 Å². The van der Waals surface area contributed by atoms with Crippen molar-refractivity contribution < 1.29 is 24.3 Å². The van der Waals surface area contributed by atoms with Crippen LogP contribution in [-0.2, 0) is 9.59 Å². The number of carboxylic acids is 1. The number of benzene rings is 1. The second-order valence-electron chi connectivity index (χ2n) is 6.76. The van der Waals surface area contributed by atoms with Crippen molar-refractivity contribution in [3.63, 3.8) is 0 Å². The summed E-state index contributed by atoms with van der Waals surface area (Å²) in [6.45, 7) is 3.21. The predicted molar refractivity (Wildman–Crippen MR) is 101 cm³/mol. The molecule has 8 heteroatoms. The van der Waals surface area contributed by atoms with Gasteiger partial charge < -0.3 is 10.0 Å². The highest BCUT2D eigenvalue weighted by Crippen LogP contribution is 2.32. The van der Waals surface area contributed by atoms with Crippen molar-refractivity contribution in [1.29, 1.82) is 0 Å². The van der Waals surface area contributed by atoms with E-state index in [4.69, 9.17) is 5.11 Å². The van der Waals surface area contributed by atoms with Crippen LogP contribution in [0.4, 0.5) is 4.79 Å². The van der Waals surface area contributed by atoms with Gasteiger partial charge in [-0.25, -0.2) is 4.79 Å². The lowest BCUT2D eigenvalue weighted by Gasteiger charge is -2.31. The highest BCUT2D eigenvalue weighted by atomic mass is 32.2. The SMILES string of the molecule is CC1CCN(C(=O)CN2C(=O)S/C(=C\c3ccc(C(=O)O)cc3)C2=O)CC1. The minimum absolute atomic E-state index is 0.140. The molecular formula is C19H20N2O5S. The molecule has 0 saturated carbocycles. The van der Waals surface area contributed by atoms with E-state index in [0.717, 1.165) is 29.5 Å². The Balaban J connectivity index is 1.67. The minimum atomic E-state index is -1.03. The molecule has 142 valence electrons. The highest BCUT2D eigenvalue weighted by molar-refractivity contribution is 8.18. The molecule has 0 unspecified atom stereocenters. The first-order chi connectivity index (χ1) is 12.8. The Kier molecular flexibility index (Phi) is 5.65. The maximum atomic E-state index is 12.5. The second-order valence-corrected chi connectivity index (χ2v) is 7.75. The highest BCUT2D eigenvalue weighted by Gasteiger charge is 2.37. The summed E-state index contributed by atoms with van der Waals surface area (Å²) in [6, 6.07) is 5.99.